The summed E-state index contributed by atoms with van der Waals surface area (Å²) in [5.41, 5.74) is 13.3. The van der Waals surface area contributed by atoms with Crippen LogP contribution in [0.4, 0.5) is 11.4 Å². The van der Waals surface area contributed by atoms with Crippen LogP contribution in [-0.2, 0) is 6.42 Å². The molecule has 5 N–H and O–H groups in total. The first kappa shape index (κ1) is 16.3. The third kappa shape index (κ3) is 4.42. The molecule has 5 nitrogen and oxygen atoms in total. The molecule has 0 unspecified atom stereocenters. The van der Waals surface area contributed by atoms with Crippen LogP contribution in [0.3, 0.4) is 0 Å². The number of anilines is 2. The van der Waals surface area contributed by atoms with Crippen LogP contribution >= 0.6 is 0 Å². The number of carboxylic acids is 1. The Balaban J connectivity index is 2.57. The van der Waals surface area contributed by atoms with E-state index in [-0.39, 0.29) is 11.3 Å². The van der Waals surface area contributed by atoms with E-state index in [0.717, 1.165) is 31.5 Å². The van der Waals surface area contributed by atoms with Crippen LogP contribution in [0.25, 0.3) is 0 Å². The Labute approximate surface area is 120 Å². The summed E-state index contributed by atoms with van der Waals surface area (Å²) < 4.78 is 0. The summed E-state index contributed by atoms with van der Waals surface area (Å²) in [5.74, 6) is -1.04. The maximum atomic E-state index is 10.9. The Morgan fingerprint density at radius 1 is 1.20 bits per heavy atom. The lowest BCUT2D eigenvalue weighted by Crippen LogP contribution is -2.21. The van der Waals surface area contributed by atoms with Gasteiger partial charge in [-0.15, -0.1) is 0 Å². The maximum Gasteiger partial charge on any atom is 0.337 e. The molecule has 20 heavy (non-hydrogen) atoms. The largest absolute Gasteiger partial charge is 0.478 e. The van der Waals surface area contributed by atoms with Crippen molar-refractivity contribution in [3.63, 3.8) is 0 Å². The molecule has 0 fully saturated rings. The number of hydrogen-bond donors (Lipinski definition) is 3. The van der Waals surface area contributed by atoms with Gasteiger partial charge in [0.05, 0.1) is 16.9 Å². The Morgan fingerprint density at radius 3 is 2.45 bits per heavy atom. The second kappa shape index (κ2) is 7.75. The van der Waals surface area contributed by atoms with E-state index in [1.54, 1.807) is 6.07 Å². The van der Waals surface area contributed by atoms with Gasteiger partial charge in [0, 0.05) is 0 Å². The van der Waals surface area contributed by atoms with Crippen molar-refractivity contribution >= 4 is 17.3 Å². The fourth-order valence-electron chi connectivity index (χ4n) is 2.17. The van der Waals surface area contributed by atoms with Gasteiger partial charge in [0.2, 0.25) is 0 Å². The van der Waals surface area contributed by atoms with E-state index in [4.69, 9.17) is 16.6 Å². The van der Waals surface area contributed by atoms with Gasteiger partial charge in [0.25, 0.3) is 0 Å². The van der Waals surface area contributed by atoms with Gasteiger partial charge in [-0.25, -0.2) is 4.79 Å². The lowest BCUT2D eigenvalue weighted by Gasteiger charge is -2.16. The van der Waals surface area contributed by atoms with E-state index in [1.165, 1.54) is 18.9 Å². The molecule has 0 aliphatic rings. The van der Waals surface area contributed by atoms with Crippen LogP contribution in [0, 0.1) is 0 Å². The molecule has 1 rings (SSSR count). The Morgan fingerprint density at radius 2 is 1.85 bits per heavy atom. The van der Waals surface area contributed by atoms with Crippen LogP contribution in [0.15, 0.2) is 12.1 Å². The predicted molar refractivity (Wildman–Crippen MR) is 83.0 cm³/mol. The standard InChI is InChI=1S/C15H25N3O2/c1-3-4-9-18(2)10-5-6-11-7-8-12(15(19)20)14(17)13(11)16/h7-8H,3-6,9-10,16-17H2,1-2H3,(H,19,20). The zero-order chi connectivity index (χ0) is 15.1. The van der Waals surface area contributed by atoms with Gasteiger partial charge in [-0.2, -0.15) is 0 Å². The monoisotopic (exact) mass is 279 g/mol. The van der Waals surface area contributed by atoms with Gasteiger partial charge in [-0.1, -0.05) is 19.4 Å². The highest BCUT2D eigenvalue weighted by molar-refractivity contribution is 5.97. The third-order valence-electron chi connectivity index (χ3n) is 3.49. The summed E-state index contributed by atoms with van der Waals surface area (Å²) >= 11 is 0. The van der Waals surface area contributed by atoms with Gasteiger partial charge >= 0.3 is 5.97 Å². The molecule has 1 aromatic carbocycles. The van der Waals surface area contributed by atoms with Crippen molar-refractivity contribution in [3.05, 3.63) is 23.3 Å². The maximum absolute atomic E-state index is 10.9. The molecule has 5 heteroatoms. The molecule has 0 atom stereocenters. The molecule has 0 aliphatic carbocycles. The molecular formula is C15H25N3O2. The molecule has 112 valence electrons. The number of hydrogen-bond acceptors (Lipinski definition) is 4. The first-order valence-corrected chi connectivity index (χ1v) is 7.06. The fraction of sp³-hybridized carbons (Fsp3) is 0.533. The lowest BCUT2D eigenvalue weighted by molar-refractivity contribution is 0.0698. The number of carbonyl (C=O) groups is 1. The molecule has 0 spiro atoms. The lowest BCUT2D eigenvalue weighted by atomic mass is 10.0. The quantitative estimate of drug-likeness (QED) is 0.634. The average molecular weight is 279 g/mol. The minimum absolute atomic E-state index is 0.0753. The average Bonchev–Trinajstić information content (AvgIpc) is 2.40. The van der Waals surface area contributed by atoms with Crippen molar-refractivity contribution in [3.8, 4) is 0 Å². The van der Waals surface area contributed by atoms with Gasteiger partial charge in [-0.3, -0.25) is 0 Å². The highest BCUT2D eigenvalue weighted by Crippen LogP contribution is 2.25. The van der Waals surface area contributed by atoms with Crippen molar-refractivity contribution in [2.75, 3.05) is 31.6 Å². The molecule has 0 radical (unpaired) electrons. The number of nitrogens with zero attached hydrogens (tertiary/aromatic N) is 1. The summed E-state index contributed by atoms with van der Waals surface area (Å²) in [6.07, 6.45) is 4.20. The molecule has 0 bridgehead atoms. The van der Waals surface area contributed by atoms with Gasteiger partial charge in [0.15, 0.2) is 0 Å². The SMILES string of the molecule is CCCCN(C)CCCc1ccc(C(=O)O)c(N)c1N. The van der Waals surface area contributed by atoms with Crippen LogP contribution in [0.5, 0.6) is 0 Å². The van der Waals surface area contributed by atoms with E-state index in [2.05, 4.69) is 18.9 Å². The van der Waals surface area contributed by atoms with Crippen molar-refractivity contribution < 1.29 is 9.90 Å². The smallest absolute Gasteiger partial charge is 0.337 e. The van der Waals surface area contributed by atoms with Gasteiger partial charge in [-0.05, 0) is 51.0 Å². The minimum atomic E-state index is -1.04. The summed E-state index contributed by atoms with van der Waals surface area (Å²) in [7, 11) is 2.11. The van der Waals surface area contributed by atoms with Gasteiger partial charge < -0.3 is 21.5 Å². The van der Waals surface area contributed by atoms with Crippen LogP contribution in [0.2, 0.25) is 0 Å². The second-order valence-corrected chi connectivity index (χ2v) is 5.17. The Hall–Kier alpha value is -1.75. The molecule has 1 aromatic rings. The Kier molecular flexibility index (Phi) is 6.31. The van der Waals surface area contributed by atoms with Crippen LogP contribution < -0.4 is 11.5 Å². The molecule has 0 aliphatic heterocycles. The fourth-order valence-corrected chi connectivity index (χ4v) is 2.17. The topological polar surface area (TPSA) is 92.6 Å². The number of aryl methyl sites for hydroxylation is 1. The molecule has 0 amide bonds. The van der Waals surface area contributed by atoms with E-state index >= 15 is 0 Å². The summed E-state index contributed by atoms with van der Waals surface area (Å²) in [5, 5.41) is 8.97. The zero-order valence-electron chi connectivity index (χ0n) is 12.4. The van der Waals surface area contributed by atoms with E-state index in [0.29, 0.717) is 5.69 Å². The van der Waals surface area contributed by atoms with Crippen molar-refractivity contribution in [1.29, 1.82) is 0 Å². The second-order valence-electron chi connectivity index (χ2n) is 5.17. The number of benzene rings is 1. The summed E-state index contributed by atoms with van der Waals surface area (Å²) in [4.78, 5) is 13.2. The summed E-state index contributed by atoms with van der Waals surface area (Å²) in [6, 6.07) is 3.30. The number of nitrogens with two attached hydrogens (primary N) is 2. The number of aromatic carboxylic acids is 1. The van der Waals surface area contributed by atoms with Gasteiger partial charge in [0.1, 0.15) is 0 Å². The number of nitrogen functional groups attached to an aromatic ring is 2. The highest BCUT2D eigenvalue weighted by Gasteiger charge is 2.13. The molecule has 0 aromatic heterocycles. The molecule has 0 saturated heterocycles. The van der Waals surface area contributed by atoms with Crippen molar-refractivity contribution in [1.82, 2.24) is 4.90 Å². The number of unbranched alkanes of at least 4 members (excludes halogenated alkanes) is 1. The molecule has 0 heterocycles. The van der Waals surface area contributed by atoms with E-state index in [1.807, 2.05) is 0 Å². The van der Waals surface area contributed by atoms with E-state index in [9.17, 15) is 4.79 Å². The first-order chi connectivity index (χ1) is 9.47. The van der Waals surface area contributed by atoms with Crippen molar-refractivity contribution in [2.45, 2.75) is 32.6 Å². The van der Waals surface area contributed by atoms with Crippen LogP contribution in [-0.4, -0.2) is 36.1 Å². The minimum Gasteiger partial charge on any atom is -0.478 e. The number of carboxylic acid groups (broad SMARTS) is 1. The third-order valence-corrected chi connectivity index (χ3v) is 3.49. The number of rotatable bonds is 8. The predicted octanol–water partition coefficient (Wildman–Crippen LogP) is 2.21. The summed E-state index contributed by atoms with van der Waals surface area (Å²) in [6.45, 7) is 4.29. The normalized spacial score (nSPS) is 10.9. The molecule has 0 saturated carbocycles. The van der Waals surface area contributed by atoms with Crippen LogP contribution in [0.1, 0.15) is 42.1 Å². The zero-order valence-corrected chi connectivity index (χ0v) is 12.4. The first-order valence-electron chi connectivity index (χ1n) is 7.06. The Bertz CT molecular complexity index is 461. The molecular weight excluding hydrogens is 254 g/mol. The highest BCUT2D eigenvalue weighted by atomic mass is 16.4. The van der Waals surface area contributed by atoms with Crippen molar-refractivity contribution in [2.24, 2.45) is 0 Å². The van der Waals surface area contributed by atoms with E-state index < -0.39 is 5.97 Å².